The first-order valence-corrected chi connectivity index (χ1v) is 21.7. The lowest BCUT2D eigenvalue weighted by Crippen LogP contribution is -2.57. The number of piperidine rings is 1. The third-order valence-electron chi connectivity index (χ3n) is 17.6. The van der Waals surface area contributed by atoms with Crippen molar-refractivity contribution in [3.63, 3.8) is 0 Å². The van der Waals surface area contributed by atoms with Gasteiger partial charge in [-0.1, -0.05) is 60.5 Å². The minimum absolute atomic E-state index is 0.127. The zero-order chi connectivity index (χ0) is 33.6. The number of hydrogen-bond acceptors (Lipinski definition) is 3. The summed E-state index contributed by atoms with van der Waals surface area (Å²) in [7, 11) is 0. The Bertz CT molecular complexity index is 1630. The average molecular weight is 664 g/mol. The van der Waals surface area contributed by atoms with Gasteiger partial charge in [-0.2, -0.15) is 0 Å². The van der Waals surface area contributed by atoms with Crippen molar-refractivity contribution in [1.29, 1.82) is 0 Å². The number of nitrogens with zero attached hydrogens (tertiary/aromatic N) is 3. The van der Waals surface area contributed by atoms with Crippen LogP contribution >= 0.6 is 0 Å². The molecule has 10 rings (SSSR count). The standard InChI is InChI=1S/C45H65N3O/c1-7-27-23-38-34(24-29-16-13-18-36(47(29)38)39(49)10-4)45-33(27)25-30-17-14-20-40(48(30)45)44(11-5)42(26(6)31(8-2)43(44)45)41-32(9-3)35-22-21-28-15-12-19-37(41)46(28)35/h20,26-31,33,36,42-43H,7-19,21-25H2,1-6H3. The van der Waals surface area contributed by atoms with Crippen LogP contribution in [0.1, 0.15) is 172 Å². The smallest absolute Gasteiger partial charge is 0.154 e. The number of Topliss-reactive ketones (excluding diaryl/α,β-unsaturated/α-hetero) is 1. The van der Waals surface area contributed by atoms with Crippen LogP contribution in [0.25, 0.3) is 0 Å². The highest BCUT2D eigenvalue weighted by Crippen LogP contribution is 2.81. The highest BCUT2D eigenvalue weighted by Gasteiger charge is 2.80. The van der Waals surface area contributed by atoms with Crippen molar-refractivity contribution in [2.45, 2.75) is 193 Å². The summed E-state index contributed by atoms with van der Waals surface area (Å²) in [4.78, 5) is 19.8. The van der Waals surface area contributed by atoms with Gasteiger partial charge in [-0.3, -0.25) is 4.79 Å². The summed E-state index contributed by atoms with van der Waals surface area (Å²) >= 11 is 0. The molecule has 4 heteroatoms. The molecule has 12 atom stereocenters. The molecule has 1 aromatic rings. The van der Waals surface area contributed by atoms with Crippen molar-refractivity contribution in [1.82, 2.24) is 14.4 Å². The Hall–Kier alpha value is -1.97. The SMILES string of the molecule is CCC(=O)C1CCCC2CC3=C(CC(CC)C4CC5CCC=C6N5C34C3C(CC)C(C)C(c4c(CC)c5n7c4CCCC7CC5)C63CC)N21. The number of hydrogen-bond donors (Lipinski definition) is 0. The van der Waals surface area contributed by atoms with E-state index >= 15 is 0 Å². The van der Waals surface area contributed by atoms with E-state index in [0.717, 1.165) is 30.2 Å². The molecule has 4 fully saturated rings. The van der Waals surface area contributed by atoms with Crippen molar-refractivity contribution in [3.05, 3.63) is 45.6 Å². The largest absolute Gasteiger partial charge is 0.361 e. The number of allylic oxidation sites excluding steroid dienone is 3. The Morgan fingerprint density at radius 1 is 0.898 bits per heavy atom. The highest BCUT2D eigenvalue weighted by molar-refractivity contribution is 5.84. The second-order valence-electron chi connectivity index (χ2n) is 18.6. The average Bonchev–Trinajstić information content (AvgIpc) is 3.95. The van der Waals surface area contributed by atoms with Gasteiger partial charge in [0.25, 0.3) is 0 Å². The minimum Gasteiger partial charge on any atom is -0.361 e. The lowest BCUT2D eigenvalue weighted by atomic mass is 9.53. The lowest BCUT2D eigenvalue weighted by molar-refractivity contribution is -0.125. The third kappa shape index (κ3) is 3.57. The predicted molar refractivity (Wildman–Crippen MR) is 198 cm³/mol. The maximum atomic E-state index is 13.7. The van der Waals surface area contributed by atoms with E-state index in [1.165, 1.54) is 103 Å². The molecule has 0 amide bonds. The normalized spacial score (nSPS) is 44.1. The molecule has 4 nitrogen and oxygen atoms in total. The molecule has 3 saturated heterocycles. The molecule has 0 bridgehead atoms. The van der Waals surface area contributed by atoms with Crippen LogP contribution in [-0.4, -0.2) is 43.8 Å². The number of fused-ring (bicyclic) bond motifs is 4. The first-order valence-electron chi connectivity index (χ1n) is 21.7. The van der Waals surface area contributed by atoms with Gasteiger partial charge >= 0.3 is 0 Å². The number of rotatable bonds is 7. The van der Waals surface area contributed by atoms with E-state index in [1.54, 1.807) is 22.6 Å². The zero-order valence-electron chi connectivity index (χ0n) is 31.8. The van der Waals surface area contributed by atoms with Crippen molar-refractivity contribution in [2.24, 2.45) is 35.0 Å². The molecule has 0 N–H and O–H groups in total. The first kappa shape index (κ1) is 31.7. The van der Waals surface area contributed by atoms with E-state index < -0.39 is 0 Å². The minimum atomic E-state index is 0.127. The fraction of sp³-hybridized carbons (Fsp3) is 0.800. The topological polar surface area (TPSA) is 28.5 Å². The van der Waals surface area contributed by atoms with E-state index in [0.29, 0.717) is 42.0 Å². The third-order valence-corrected chi connectivity index (χ3v) is 17.6. The Balaban J connectivity index is 1.24. The van der Waals surface area contributed by atoms with Crippen LogP contribution in [0.15, 0.2) is 23.0 Å². The number of carbonyl (C=O) groups excluding carboxylic acids is 1. The second-order valence-corrected chi connectivity index (χ2v) is 18.6. The Morgan fingerprint density at radius 2 is 1.73 bits per heavy atom. The van der Waals surface area contributed by atoms with Gasteiger partial charge in [0, 0.05) is 64.6 Å². The van der Waals surface area contributed by atoms with Gasteiger partial charge in [-0.15, -0.1) is 0 Å². The van der Waals surface area contributed by atoms with Crippen molar-refractivity contribution in [2.75, 3.05) is 0 Å². The van der Waals surface area contributed by atoms with Crippen molar-refractivity contribution >= 4 is 5.78 Å². The summed E-state index contributed by atoms with van der Waals surface area (Å²) in [6, 6.07) is 2.15. The van der Waals surface area contributed by atoms with Gasteiger partial charge < -0.3 is 14.4 Å². The van der Waals surface area contributed by atoms with Gasteiger partial charge in [0.15, 0.2) is 5.78 Å². The summed E-state index contributed by atoms with van der Waals surface area (Å²) < 4.78 is 2.95. The Kier molecular flexibility index (Phi) is 7.14. The fourth-order valence-corrected chi connectivity index (χ4v) is 16.4. The number of carbonyl (C=O) groups is 1. The van der Waals surface area contributed by atoms with Crippen LogP contribution in [0.3, 0.4) is 0 Å². The monoisotopic (exact) mass is 664 g/mol. The molecule has 1 saturated carbocycles. The molecular formula is C45H65N3O. The molecule has 1 aromatic heterocycles. The van der Waals surface area contributed by atoms with Crippen LogP contribution in [0.5, 0.6) is 0 Å². The Morgan fingerprint density at radius 3 is 2.49 bits per heavy atom. The summed E-state index contributed by atoms with van der Waals surface area (Å²) in [5.74, 6) is 4.74. The molecule has 266 valence electrons. The molecule has 1 spiro atoms. The molecule has 12 unspecified atom stereocenters. The quantitative estimate of drug-likeness (QED) is 0.291. The zero-order valence-corrected chi connectivity index (χ0v) is 31.8. The molecule has 2 aliphatic carbocycles. The molecule has 8 heterocycles. The van der Waals surface area contributed by atoms with Gasteiger partial charge in [-0.05, 0) is 137 Å². The first-order chi connectivity index (χ1) is 23.9. The van der Waals surface area contributed by atoms with Crippen molar-refractivity contribution < 1.29 is 4.79 Å². The molecule has 0 aromatic carbocycles. The fourth-order valence-electron chi connectivity index (χ4n) is 16.4. The van der Waals surface area contributed by atoms with E-state index in [-0.39, 0.29) is 17.0 Å². The van der Waals surface area contributed by atoms with E-state index in [9.17, 15) is 4.79 Å². The number of aromatic nitrogens is 1. The van der Waals surface area contributed by atoms with Crippen molar-refractivity contribution in [3.8, 4) is 0 Å². The van der Waals surface area contributed by atoms with Gasteiger partial charge in [0.2, 0.25) is 0 Å². The molecule has 49 heavy (non-hydrogen) atoms. The van der Waals surface area contributed by atoms with E-state index in [1.807, 2.05) is 16.8 Å². The summed E-state index contributed by atoms with van der Waals surface area (Å²) in [6.45, 7) is 15.1. The van der Waals surface area contributed by atoms with Crippen LogP contribution < -0.4 is 0 Å². The van der Waals surface area contributed by atoms with Crippen LogP contribution in [0, 0.1) is 35.0 Å². The van der Waals surface area contributed by atoms with Crippen LogP contribution in [-0.2, 0) is 24.1 Å². The molecule has 0 radical (unpaired) electrons. The van der Waals surface area contributed by atoms with Gasteiger partial charge in [0.1, 0.15) is 0 Å². The summed E-state index contributed by atoms with van der Waals surface area (Å²) in [5, 5.41) is 0. The van der Waals surface area contributed by atoms with Gasteiger partial charge in [0.05, 0.1) is 11.6 Å². The Labute approximate surface area is 297 Å². The maximum absolute atomic E-state index is 13.7. The second kappa shape index (κ2) is 11.0. The van der Waals surface area contributed by atoms with Crippen LogP contribution in [0.2, 0.25) is 0 Å². The van der Waals surface area contributed by atoms with Gasteiger partial charge in [-0.25, -0.2) is 0 Å². The lowest BCUT2D eigenvalue weighted by Gasteiger charge is -2.53. The van der Waals surface area contributed by atoms with E-state index in [4.69, 9.17) is 0 Å². The predicted octanol–water partition coefficient (Wildman–Crippen LogP) is 10.1. The summed E-state index contributed by atoms with van der Waals surface area (Å²) in [6.07, 6.45) is 25.5. The maximum Gasteiger partial charge on any atom is 0.154 e. The highest BCUT2D eigenvalue weighted by atomic mass is 16.1. The number of ketones is 1. The molecule has 7 aliphatic heterocycles. The molecule has 9 aliphatic rings. The molecular weight excluding hydrogens is 599 g/mol. The summed E-state index contributed by atoms with van der Waals surface area (Å²) in [5.41, 5.74) is 13.0. The van der Waals surface area contributed by atoms with E-state index in [2.05, 4.69) is 62.0 Å². The van der Waals surface area contributed by atoms with Crippen LogP contribution in [0.4, 0.5) is 0 Å².